The van der Waals surface area contributed by atoms with Gasteiger partial charge in [-0.3, -0.25) is 10.1 Å². The fourth-order valence-corrected chi connectivity index (χ4v) is 1.99. The predicted molar refractivity (Wildman–Crippen MR) is 52.0 cm³/mol. The molecule has 0 aliphatic carbocycles. The molecule has 0 spiro atoms. The van der Waals surface area contributed by atoms with E-state index in [0.29, 0.717) is 6.07 Å². The summed E-state index contributed by atoms with van der Waals surface area (Å²) >= 11 is 0. The highest BCUT2D eigenvalue weighted by molar-refractivity contribution is 7.86. The molecular formula is C8H7F2NO5S. The van der Waals surface area contributed by atoms with Crippen LogP contribution in [0.1, 0.15) is 6.92 Å². The summed E-state index contributed by atoms with van der Waals surface area (Å²) in [6.07, 6.45) is -3.89. The van der Waals surface area contributed by atoms with Gasteiger partial charge in [0.1, 0.15) is 4.90 Å². The Hall–Kier alpha value is -1.61. The third kappa shape index (κ3) is 3.71. The van der Waals surface area contributed by atoms with E-state index in [4.69, 9.17) is 0 Å². The summed E-state index contributed by atoms with van der Waals surface area (Å²) in [5.74, 6) is 0. The van der Waals surface area contributed by atoms with Crippen molar-refractivity contribution >= 4 is 15.8 Å². The fourth-order valence-electron chi connectivity index (χ4n) is 0.993. The van der Waals surface area contributed by atoms with Crippen molar-refractivity contribution in [2.24, 2.45) is 0 Å². The molecule has 0 saturated heterocycles. The molecule has 94 valence electrons. The monoisotopic (exact) mass is 267 g/mol. The normalized spacial score (nSPS) is 12.4. The molecule has 0 amide bonds. The molecule has 1 aromatic carbocycles. The van der Waals surface area contributed by atoms with Crippen LogP contribution >= 0.6 is 0 Å². The number of rotatable bonds is 4. The van der Waals surface area contributed by atoms with Crippen LogP contribution in [-0.4, -0.2) is 19.4 Å². The molecule has 0 aliphatic heterocycles. The standard InChI is InChI=1S/C8H7F2NO5S/c1-8(9,10)16-17(14,15)7-4-2-3-6(5-7)11(12)13/h2-5H,1H3. The molecule has 1 rings (SSSR count). The maximum atomic E-state index is 12.4. The van der Waals surface area contributed by atoms with Gasteiger partial charge in [0.15, 0.2) is 0 Å². The molecule has 0 atom stereocenters. The lowest BCUT2D eigenvalue weighted by Crippen LogP contribution is -2.21. The molecule has 6 nitrogen and oxygen atoms in total. The third-order valence-corrected chi connectivity index (χ3v) is 2.92. The second-order valence-corrected chi connectivity index (χ2v) is 4.65. The number of halogens is 2. The average Bonchev–Trinajstić information content (AvgIpc) is 2.14. The molecule has 0 N–H and O–H groups in total. The highest BCUT2D eigenvalue weighted by Gasteiger charge is 2.32. The van der Waals surface area contributed by atoms with Gasteiger partial charge in [0.25, 0.3) is 5.69 Å². The Morgan fingerprint density at radius 2 is 2.00 bits per heavy atom. The van der Waals surface area contributed by atoms with Crippen LogP contribution in [0.25, 0.3) is 0 Å². The number of nitrogens with zero attached hydrogens (tertiary/aromatic N) is 1. The Morgan fingerprint density at radius 3 is 2.47 bits per heavy atom. The predicted octanol–water partition coefficient (Wildman–Crippen LogP) is 1.91. The molecule has 0 heterocycles. The van der Waals surface area contributed by atoms with E-state index in [9.17, 15) is 27.3 Å². The molecular weight excluding hydrogens is 260 g/mol. The second kappa shape index (κ2) is 4.34. The summed E-state index contributed by atoms with van der Waals surface area (Å²) in [6.45, 7) is 0.252. The number of benzene rings is 1. The highest BCUT2D eigenvalue weighted by atomic mass is 32.2. The number of alkyl halides is 2. The number of nitro groups is 1. The summed E-state index contributed by atoms with van der Waals surface area (Å²) in [5, 5.41) is 10.4. The van der Waals surface area contributed by atoms with Gasteiger partial charge < -0.3 is 0 Å². The molecule has 0 aromatic heterocycles. The Labute approximate surface area is 95.1 Å². The molecule has 0 aliphatic rings. The van der Waals surface area contributed by atoms with Gasteiger partial charge in [0, 0.05) is 19.1 Å². The number of nitro benzene ring substituents is 1. The Kier molecular flexibility index (Phi) is 3.43. The van der Waals surface area contributed by atoms with Crippen LogP contribution < -0.4 is 0 Å². The van der Waals surface area contributed by atoms with E-state index >= 15 is 0 Å². The van der Waals surface area contributed by atoms with E-state index in [1.807, 2.05) is 0 Å². The van der Waals surface area contributed by atoms with Crippen molar-refractivity contribution in [1.82, 2.24) is 0 Å². The first-order valence-corrected chi connectivity index (χ1v) is 5.60. The first-order valence-electron chi connectivity index (χ1n) is 4.20. The summed E-state index contributed by atoms with van der Waals surface area (Å²) < 4.78 is 51.0. The van der Waals surface area contributed by atoms with Gasteiger partial charge in [-0.1, -0.05) is 6.07 Å². The molecule has 0 fully saturated rings. The van der Waals surface area contributed by atoms with Crippen LogP contribution in [0.4, 0.5) is 14.5 Å². The van der Waals surface area contributed by atoms with Crippen molar-refractivity contribution in [2.75, 3.05) is 0 Å². The number of hydrogen-bond acceptors (Lipinski definition) is 5. The van der Waals surface area contributed by atoms with Crippen molar-refractivity contribution in [3.63, 3.8) is 0 Å². The molecule has 0 bridgehead atoms. The number of non-ortho nitro benzene ring substituents is 1. The smallest absolute Gasteiger partial charge is 0.258 e. The van der Waals surface area contributed by atoms with Crippen LogP contribution in [0, 0.1) is 10.1 Å². The molecule has 0 saturated carbocycles. The minimum absolute atomic E-state index is 0.252. The Morgan fingerprint density at radius 1 is 1.41 bits per heavy atom. The third-order valence-electron chi connectivity index (χ3n) is 1.57. The van der Waals surface area contributed by atoms with E-state index < -0.39 is 31.7 Å². The van der Waals surface area contributed by atoms with Gasteiger partial charge in [-0.25, -0.2) is 0 Å². The zero-order valence-electron chi connectivity index (χ0n) is 8.46. The molecule has 0 radical (unpaired) electrons. The highest BCUT2D eigenvalue weighted by Crippen LogP contribution is 2.24. The lowest BCUT2D eigenvalue weighted by molar-refractivity contribution is -0.385. The minimum Gasteiger partial charge on any atom is -0.258 e. The van der Waals surface area contributed by atoms with Gasteiger partial charge >= 0.3 is 16.2 Å². The lowest BCUT2D eigenvalue weighted by atomic mass is 10.3. The molecule has 1 aromatic rings. The first-order chi connectivity index (χ1) is 7.62. The molecule has 0 unspecified atom stereocenters. The zero-order chi connectivity index (χ0) is 13.3. The first kappa shape index (κ1) is 13.5. The van der Waals surface area contributed by atoms with E-state index in [0.717, 1.165) is 18.2 Å². The van der Waals surface area contributed by atoms with E-state index in [-0.39, 0.29) is 6.92 Å². The Balaban J connectivity index is 3.16. The van der Waals surface area contributed by atoms with Gasteiger partial charge in [0.05, 0.1) is 4.92 Å². The van der Waals surface area contributed by atoms with Gasteiger partial charge in [0.2, 0.25) is 0 Å². The summed E-state index contributed by atoms with van der Waals surface area (Å²) in [6, 6.07) is 3.65. The van der Waals surface area contributed by atoms with Gasteiger partial charge in [-0.15, -0.1) is 0 Å². The zero-order valence-corrected chi connectivity index (χ0v) is 9.28. The van der Waals surface area contributed by atoms with Crippen molar-refractivity contribution in [1.29, 1.82) is 0 Å². The summed E-state index contributed by atoms with van der Waals surface area (Å²) in [7, 11) is -4.73. The molecule has 17 heavy (non-hydrogen) atoms. The van der Waals surface area contributed by atoms with Crippen LogP contribution in [0.5, 0.6) is 0 Å². The average molecular weight is 267 g/mol. The van der Waals surface area contributed by atoms with Gasteiger partial charge in [-0.05, 0) is 6.07 Å². The minimum atomic E-state index is -4.73. The van der Waals surface area contributed by atoms with Crippen LogP contribution in [0.2, 0.25) is 0 Å². The van der Waals surface area contributed by atoms with Crippen molar-refractivity contribution < 1.29 is 26.3 Å². The summed E-state index contributed by atoms with van der Waals surface area (Å²) in [4.78, 5) is 8.84. The van der Waals surface area contributed by atoms with Crippen LogP contribution in [-0.2, 0) is 14.3 Å². The second-order valence-electron chi connectivity index (χ2n) is 3.10. The SMILES string of the molecule is CC(F)(F)OS(=O)(=O)c1cccc([N+](=O)[O-])c1. The van der Waals surface area contributed by atoms with Crippen molar-refractivity contribution in [3.05, 3.63) is 34.4 Å². The van der Waals surface area contributed by atoms with Crippen LogP contribution in [0.15, 0.2) is 29.2 Å². The lowest BCUT2D eigenvalue weighted by Gasteiger charge is -2.10. The summed E-state index contributed by atoms with van der Waals surface area (Å²) in [5.41, 5.74) is -0.533. The topological polar surface area (TPSA) is 86.5 Å². The fraction of sp³-hybridized carbons (Fsp3) is 0.250. The maximum Gasteiger partial charge on any atom is 0.366 e. The van der Waals surface area contributed by atoms with E-state index in [1.54, 1.807) is 0 Å². The van der Waals surface area contributed by atoms with Crippen molar-refractivity contribution in [2.45, 2.75) is 17.9 Å². The quantitative estimate of drug-likeness (QED) is 0.472. The maximum absolute atomic E-state index is 12.4. The van der Waals surface area contributed by atoms with Crippen LogP contribution in [0.3, 0.4) is 0 Å². The largest absolute Gasteiger partial charge is 0.366 e. The van der Waals surface area contributed by atoms with E-state index in [2.05, 4.69) is 4.18 Å². The Bertz CT molecular complexity index is 537. The van der Waals surface area contributed by atoms with Crippen molar-refractivity contribution in [3.8, 4) is 0 Å². The molecule has 9 heteroatoms. The van der Waals surface area contributed by atoms with Gasteiger partial charge in [-0.2, -0.15) is 21.4 Å². The number of hydrogen-bond donors (Lipinski definition) is 0. The van der Waals surface area contributed by atoms with E-state index in [1.165, 1.54) is 0 Å².